The Bertz CT molecular complexity index is 850. The number of carbonyl (C=O) groups excluding carboxylic acids is 4. The molecule has 10 nitrogen and oxygen atoms in total. The van der Waals surface area contributed by atoms with Crippen LogP contribution in [0.15, 0.2) is 9.98 Å². The number of nitrogens with one attached hydrogen (secondary N) is 2. The molecule has 2 saturated carbocycles. The summed E-state index contributed by atoms with van der Waals surface area (Å²) in [6, 6.07) is -0.107. The van der Waals surface area contributed by atoms with E-state index in [9.17, 15) is 19.2 Å². The second kappa shape index (κ2) is 13.4. The molecule has 2 rings (SSSR count). The molecule has 2 fully saturated rings. The van der Waals surface area contributed by atoms with E-state index < -0.39 is 12.2 Å². The second-order valence-electron chi connectivity index (χ2n) is 13.6. The lowest BCUT2D eigenvalue weighted by atomic mass is 9.62. The standard InChI is InChI=1S/C28H46N4O6/c1-25(2)11-21(13-27(5,15-25)17-29-19-33)31-23(35)37-9-7-8-10-38-24(36)32-22-12-26(3,4)16-28(6,14-22)18-30-20-34/h21-22H,7-18H2,1-6H3,(H,31,35)(H,32,36). The van der Waals surface area contributed by atoms with Gasteiger partial charge in [-0.3, -0.25) is 0 Å². The zero-order valence-electron chi connectivity index (χ0n) is 24.0. The maximum absolute atomic E-state index is 12.3. The van der Waals surface area contributed by atoms with Crippen LogP contribution in [-0.4, -0.2) is 62.7 Å². The number of unbranched alkanes of at least 4 members (excludes halogenated alkanes) is 1. The molecule has 0 spiro atoms. The number of ether oxygens (including phenoxy) is 2. The van der Waals surface area contributed by atoms with Gasteiger partial charge in [0.05, 0.1) is 26.3 Å². The van der Waals surface area contributed by atoms with Crippen LogP contribution < -0.4 is 10.6 Å². The minimum Gasteiger partial charge on any atom is -0.450 e. The predicted molar refractivity (Wildman–Crippen MR) is 143 cm³/mol. The van der Waals surface area contributed by atoms with Crippen molar-refractivity contribution in [3.05, 3.63) is 0 Å². The minimum atomic E-state index is -0.463. The number of nitrogens with zero attached hydrogens (tertiary/aromatic N) is 2. The van der Waals surface area contributed by atoms with Gasteiger partial charge >= 0.3 is 12.2 Å². The fraction of sp³-hybridized carbons (Fsp3) is 0.857. The maximum atomic E-state index is 12.3. The van der Waals surface area contributed by atoms with Gasteiger partial charge in [-0.1, -0.05) is 41.5 Å². The SMILES string of the molecule is CC1(C)CC(NC(=O)OCCCCOC(=O)NC2CC(C)(C)CC(C)(CN=C=O)C2)CC(C)(CN=C=O)C1. The van der Waals surface area contributed by atoms with Crippen LogP contribution in [-0.2, 0) is 19.1 Å². The van der Waals surface area contributed by atoms with Crippen molar-refractivity contribution in [3.8, 4) is 0 Å². The molecule has 214 valence electrons. The molecule has 2 aliphatic rings. The molecule has 0 aromatic rings. The van der Waals surface area contributed by atoms with Crippen LogP contribution in [0.5, 0.6) is 0 Å². The summed E-state index contributed by atoms with van der Waals surface area (Å²) in [5, 5.41) is 5.92. The Morgan fingerprint density at radius 1 is 0.711 bits per heavy atom. The molecule has 2 amide bonds. The van der Waals surface area contributed by atoms with Gasteiger partial charge in [-0.2, -0.15) is 0 Å². The number of alkyl carbamates (subject to hydrolysis) is 2. The molecule has 0 aromatic heterocycles. The van der Waals surface area contributed by atoms with Crippen LogP contribution in [0.25, 0.3) is 0 Å². The molecule has 38 heavy (non-hydrogen) atoms. The van der Waals surface area contributed by atoms with Crippen molar-refractivity contribution in [1.82, 2.24) is 10.6 Å². The largest absolute Gasteiger partial charge is 0.450 e. The monoisotopic (exact) mass is 534 g/mol. The highest BCUT2D eigenvalue weighted by atomic mass is 16.6. The third kappa shape index (κ3) is 11.0. The Morgan fingerprint density at radius 3 is 1.42 bits per heavy atom. The van der Waals surface area contributed by atoms with E-state index in [1.165, 1.54) is 0 Å². The first-order valence-corrected chi connectivity index (χ1v) is 13.6. The number of carbonyl (C=O) groups is 2. The first kappa shape index (κ1) is 31.5. The molecule has 2 N–H and O–H groups in total. The normalized spacial score (nSPS) is 29.6. The van der Waals surface area contributed by atoms with Gasteiger partial charge in [0.2, 0.25) is 12.2 Å². The average molecular weight is 535 g/mol. The summed E-state index contributed by atoms with van der Waals surface area (Å²) in [5.74, 6) is 0. The highest BCUT2D eigenvalue weighted by Crippen LogP contribution is 2.47. The van der Waals surface area contributed by atoms with E-state index in [-0.39, 0.29) is 47.0 Å². The summed E-state index contributed by atoms with van der Waals surface area (Å²) in [6.45, 7) is 14.0. The number of hydrogen-bond donors (Lipinski definition) is 2. The number of isocyanates is 2. The van der Waals surface area contributed by atoms with Crippen LogP contribution >= 0.6 is 0 Å². The molecule has 10 heteroatoms. The van der Waals surface area contributed by atoms with Crippen LogP contribution in [0.4, 0.5) is 9.59 Å². The predicted octanol–water partition coefficient (Wildman–Crippen LogP) is 5.06. The molecule has 0 aliphatic heterocycles. The lowest BCUT2D eigenvalue weighted by Crippen LogP contribution is -2.48. The van der Waals surface area contributed by atoms with Crippen LogP contribution in [0.2, 0.25) is 0 Å². The molecule has 4 atom stereocenters. The maximum Gasteiger partial charge on any atom is 0.407 e. The van der Waals surface area contributed by atoms with Crippen molar-refractivity contribution in [2.75, 3.05) is 26.3 Å². The van der Waals surface area contributed by atoms with Gasteiger partial charge in [-0.05, 0) is 73.0 Å². The van der Waals surface area contributed by atoms with E-state index in [1.54, 1.807) is 12.2 Å². The van der Waals surface area contributed by atoms with Gasteiger partial charge < -0.3 is 20.1 Å². The van der Waals surface area contributed by atoms with Crippen molar-refractivity contribution in [3.63, 3.8) is 0 Å². The fourth-order valence-corrected chi connectivity index (χ4v) is 7.11. The number of aliphatic imine (C=N–C) groups is 2. The van der Waals surface area contributed by atoms with E-state index in [1.807, 2.05) is 0 Å². The van der Waals surface area contributed by atoms with Gasteiger partial charge in [0.15, 0.2) is 0 Å². The molecular weight excluding hydrogens is 488 g/mol. The van der Waals surface area contributed by atoms with Crippen LogP contribution in [0.3, 0.4) is 0 Å². The zero-order valence-corrected chi connectivity index (χ0v) is 24.0. The Morgan fingerprint density at radius 2 is 1.08 bits per heavy atom. The lowest BCUT2D eigenvalue weighted by molar-refractivity contribution is 0.0678. The lowest BCUT2D eigenvalue weighted by Gasteiger charge is -2.45. The summed E-state index contributed by atoms with van der Waals surface area (Å²) in [6.07, 6.45) is 8.39. The third-order valence-electron chi connectivity index (χ3n) is 7.59. The zero-order chi connectivity index (χ0) is 28.5. The molecule has 2 aliphatic carbocycles. The average Bonchev–Trinajstić information content (AvgIpc) is 2.76. The van der Waals surface area contributed by atoms with E-state index in [0.717, 1.165) is 38.5 Å². The topological polar surface area (TPSA) is 136 Å². The Balaban J connectivity index is 1.67. The van der Waals surface area contributed by atoms with Crippen molar-refractivity contribution in [2.24, 2.45) is 31.6 Å². The summed E-state index contributed by atoms with van der Waals surface area (Å²) < 4.78 is 10.7. The molecule has 0 aromatic carbocycles. The smallest absolute Gasteiger partial charge is 0.407 e. The third-order valence-corrected chi connectivity index (χ3v) is 7.59. The molecule has 4 unspecified atom stereocenters. The number of hydrogen-bond acceptors (Lipinski definition) is 8. The quantitative estimate of drug-likeness (QED) is 0.216. The highest BCUT2D eigenvalue weighted by Gasteiger charge is 2.43. The highest BCUT2D eigenvalue weighted by molar-refractivity contribution is 5.68. The van der Waals surface area contributed by atoms with Crippen molar-refractivity contribution in [1.29, 1.82) is 0 Å². The molecule has 0 radical (unpaired) electrons. The van der Waals surface area contributed by atoms with Gasteiger partial charge in [0.25, 0.3) is 0 Å². The Kier molecular flexibility index (Phi) is 11.1. The number of rotatable bonds is 11. The van der Waals surface area contributed by atoms with E-state index in [4.69, 9.17) is 9.47 Å². The summed E-state index contributed by atoms with van der Waals surface area (Å²) in [5.41, 5.74) is -0.331. The van der Waals surface area contributed by atoms with Gasteiger partial charge in [0.1, 0.15) is 0 Å². The van der Waals surface area contributed by atoms with Crippen molar-refractivity contribution < 1.29 is 28.7 Å². The summed E-state index contributed by atoms with van der Waals surface area (Å²) in [4.78, 5) is 53.4. The van der Waals surface area contributed by atoms with Crippen molar-refractivity contribution >= 4 is 24.3 Å². The molecular formula is C28H46N4O6. The number of amides is 2. The molecule has 0 saturated heterocycles. The van der Waals surface area contributed by atoms with Gasteiger partial charge in [0, 0.05) is 12.1 Å². The first-order valence-electron chi connectivity index (χ1n) is 13.6. The minimum absolute atomic E-state index is 0.0106. The summed E-state index contributed by atoms with van der Waals surface area (Å²) >= 11 is 0. The first-order chi connectivity index (χ1) is 17.7. The molecule has 0 heterocycles. The van der Waals surface area contributed by atoms with Gasteiger partial charge in [-0.15, -0.1) is 0 Å². The fourth-order valence-electron chi connectivity index (χ4n) is 7.11. The Hall–Kier alpha value is -2.70. The van der Waals surface area contributed by atoms with Gasteiger partial charge in [-0.25, -0.2) is 29.2 Å². The Labute approximate surface area is 226 Å². The van der Waals surface area contributed by atoms with Crippen LogP contribution in [0.1, 0.15) is 92.9 Å². The van der Waals surface area contributed by atoms with E-state index >= 15 is 0 Å². The summed E-state index contributed by atoms with van der Waals surface area (Å²) in [7, 11) is 0. The van der Waals surface area contributed by atoms with Crippen molar-refractivity contribution in [2.45, 2.75) is 105 Å². The second-order valence-corrected chi connectivity index (χ2v) is 13.6. The van der Waals surface area contributed by atoms with E-state index in [2.05, 4.69) is 62.2 Å². The molecule has 0 bridgehead atoms. The van der Waals surface area contributed by atoms with E-state index in [0.29, 0.717) is 25.9 Å². The van der Waals surface area contributed by atoms with Crippen LogP contribution in [0, 0.1) is 21.7 Å².